The van der Waals surface area contributed by atoms with Crippen molar-refractivity contribution in [2.45, 2.75) is 6.92 Å². The number of carboxylic acid groups (broad SMARTS) is 1. The van der Waals surface area contributed by atoms with Gasteiger partial charge in [-0.05, 0) is 25.1 Å². The minimum Gasteiger partial charge on any atom is -0.478 e. The highest BCUT2D eigenvalue weighted by Gasteiger charge is 2.09. The topological polar surface area (TPSA) is 66.4 Å². The number of allylic oxidation sites excluding steroid dienone is 1. The Bertz CT molecular complexity index is 410. The molecule has 0 aliphatic carbocycles. The summed E-state index contributed by atoms with van der Waals surface area (Å²) in [6.07, 6.45) is 2.91. The first-order chi connectivity index (χ1) is 7.15. The fraction of sp³-hybridized carbons (Fsp3) is 0.0909. The Hall–Kier alpha value is -2.10. The van der Waals surface area contributed by atoms with Crippen molar-refractivity contribution in [1.82, 2.24) is 0 Å². The quantitative estimate of drug-likeness (QED) is 0.740. The van der Waals surface area contributed by atoms with Crippen LogP contribution in [0.1, 0.15) is 17.3 Å². The van der Waals surface area contributed by atoms with Gasteiger partial charge in [-0.15, -0.1) is 0 Å². The van der Waals surface area contributed by atoms with Crippen molar-refractivity contribution >= 4 is 17.6 Å². The molecule has 0 atom stereocenters. The van der Waals surface area contributed by atoms with Crippen LogP contribution in [0.2, 0.25) is 0 Å². The van der Waals surface area contributed by atoms with Crippen LogP contribution in [0, 0.1) is 0 Å². The van der Waals surface area contributed by atoms with Gasteiger partial charge in [0.2, 0.25) is 5.91 Å². The molecule has 0 unspecified atom stereocenters. The first kappa shape index (κ1) is 11.0. The van der Waals surface area contributed by atoms with Gasteiger partial charge in [-0.25, -0.2) is 4.79 Å². The molecule has 0 aliphatic rings. The fourth-order valence-corrected chi connectivity index (χ4v) is 1.10. The van der Waals surface area contributed by atoms with E-state index >= 15 is 0 Å². The molecule has 1 rings (SSSR count). The molecule has 0 fully saturated rings. The second-order valence-electron chi connectivity index (χ2n) is 2.84. The van der Waals surface area contributed by atoms with E-state index in [9.17, 15) is 9.59 Å². The van der Waals surface area contributed by atoms with Gasteiger partial charge in [-0.3, -0.25) is 4.79 Å². The maximum Gasteiger partial charge on any atom is 0.337 e. The number of amides is 1. The molecule has 4 nitrogen and oxygen atoms in total. The number of carbonyl (C=O) groups is 2. The van der Waals surface area contributed by atoms with Gasteiger partial charge in [-0.2, -0.15) is 0 Å². The number of hydrogen-bond acceptors (Lipinski definition) is 2. The lowest BCUT2D eigenvalue weighted by molar-refractivity contribution is -0.111. The number of hydrogen-bond donors (Lipinski definition) is 2. The van der Waals surface area contributed by atoms with E-state index in [-0.39, 0.29) is 11.5 Å². The van der Waals surface area contributed by atoms with E-state index in [0.717, 1.165) is 0 Å². The molecule has 0 aliphatic heterocycles. The molecule has 1 aromatic carbocycles. The van der Waals surface area contributed by atoms with E-state index in [1.807, 2.05) is 0 Å². The standard InChI is InChI=1S/C11H11NO3/c1-2-5-10(13)12-9-7-4-3-6-8(9)11(14)15/h2-7H,1H3,(H,12,13)(H,14,15)/b5-2+. The Labute approximate surface area is 87.2 Å². The highest BCUT2D eigenvalue weighted by Crippen LogP contribution is 2.14. The SMILES string of the molecule is C/C=C/C(=O)Nc1ccccc1C(=O)O. The lowest BCUT2D eigenvalue weighted by Gasteiger charge is -2.05. The Morgan fingerprint density at radius 1 is 1.33 bits per heavy atom. The number of carbonyl (C=O) groups excluding carboxylic acids is 1. The van der Waals surface area contributed by atoms with Gasteiger partial charge in [0, 0.05) is 0 Å². The van der Waals surface area contributed by atoms with Crippen molar-refractivity contribution in [3.63, 3.8) is 0 Å². The average Bonchev–Trinajstić information content (AvgIpc) is 2.18. The highest BCUT2D eigenvalue weighted by atomic mass is 16.4. The van der Waals surface area contributed by atoms with Crippen LogP contribution in [-0.2, 0) is 4.79 Å². The van der Waals surface area contributed by atoms with Crippen molar-refractivity contribution < 1.29 is 14.7 Å². The second-order valence-corrected chi connectivity index (χ2v) is 2.84. The van der Waals surface area contributed by atoms with Crippen LogP contribution in [0.3, 0.4) is 0 Å². The third kappa shape index (κ3) is 2.95. The maximum absolute atomic E-state index is 11.2. The number of carboxylic acids is 1. The fourth-order valence-electron chi connectivity index (χ4n) is 1.10. The number of para-hydroxylation sites is 1. The molecule has 0 radical (unpaired) electrons. The lowest BCUT2D eigenvalue weighted by Crippen LogP contribution is -2.11. The lowest BCUT2D eigenvalue weighted by atomic mass is 10.2. The van der Waals surface area contributed by atoms with E-state index in [1.54, 1.807) is 31.2 Å². The Kier molecular flexibility index (Phi) is 3.62. The summed E-state index contributed by atoms with van der Waals surface area (Å²) in [5.41, 5.74) is 0.378. The summed E-state index contributed by atoms with van der Waals surface area (Å²) in [5.74, 6) is -1.41. The van der Waals surface area contributed by atoms with Crippen LogP contribution in [0.25, 0.3) is 0 Å². The monoisotopic (exact) mass is 205 g/mol. The molecule has 0 bridgehead atoms. The van der Waals surface area contributed by atoms with Crippen molar-refractivity contribution in [2.75, 3.05) is 5.32 Å². The Balaban J connectivity index is 2.94. The minimum absolute atomic E-state index is 0.0790. The molecular formula is C11H11NO3. The number of benzene rings is 1. The number of aromatic carboxylic acids is 1. The first-order valence-electron chi connectivity index (χ1n) is 4.41. The summed E-state index contributed by atoms with van der Waals surface area (Å²) in [6, 6.07) is 6.25. The van der Waals surface area contributed by atoms with Gasteiger partial charge in [0.25, 0.3) is 0 Å². The zero-order valence-electron chi connectivity index (χ0n) is 8.23. The molecule has 0 spiro atoms. The van der Waals surface area contributed by atoms with Gasteiger partial charge < -0.3 is 10.4 Å². The molecule has 4 heteroatoms. The summed E-state index contributed by atoms with van der Waals surface area (Å²) >= 11 is 0. The smallest absolute Gasteiger partial charge is 0.337 e. The van der Waals surface area contributed by atoms with Gasteiger partial charge in [0.1, 0.15) is 0 Å². The summed E-state index contributed by atoms with van der Waals surface area (Å²) in [4.78, 5) is 22.0. The number of nitrogens with one attached hydrogen (secondary N) is 1. The van der Waals surface area contributed by atoms with Crippen molar-refractivity contribution in [2.24, 2.45) is 0 Å². The van der Waals surface area contributed by atoms with E-state index in [2.05, 4.69) is 5.32 Å². The second kappa shape index (κ2) is 4.95. The predicted molar refractivity (Wildman–Crippen MR) is 56.8 cm³/mol. The Morgan fingerprint density at radius 2 is 2.00 bits per heavy atom. The van der Waals surface area contributed by atoms with Crippen molar-refractivity contribution in [1.29, 1.82) is 0 Å². The van der Waals surface area contributed by atoms with Crippen LogP contribution >= 0.6 is 0 Å². The van der Waals surface area contributed by atoms with E-state index in [1.165, 1.54) is 12.1 Å². The van der Waals surface area contributed by atoms with E-state index in [4.69, 9.17) is 5.11 Å². The largest absolute Gasteiger partial charge is 0.478 e. The summed E-state index contributed by atoms with van der Waals surface area (Å²) in [6.45, 7) is 1.71. The van der Waals surface area contributed by atoms with E-state index < -0.39 is 5.97 Å². The zero-order valence-corrected chi connectivity index (χ0v) is 8.23. The van der Waals surface area contributed by atoms with E-state index in [0.29, 0.717) is 5.69 Å². The van der Waals surface area contributed by atoms with Gasteiger partial charge in [-0.1, -0.05) is 18.2 Å². The summed E-state index contributed by atoms with van der Waals surface area (Å²) in [5, 5.41) is 11.3. The van der Waals surface area contributed by atoms with Crippen LogP contribution in [0.15, 0.2) is 36.4 Å². The number of anilines is 1. The van der Waals surface area contributed by atoms with Crippen LogP contribution in [0.4, 0.5) is 5.69 Å². The zero-order chi connectivity index (χ0) is 11.3. The van der Waals surface area contributed by atoms with Gasteiger partial charge >= 0.3 is 5.97 Å². The molecule has 0 saturated heterocycles. The van der Waals surface area contributed by atoms with Gasteiger partial charge in [0.15, 0.2) is 0 Å². The van der Waals surface area contributed by atoms with Crippen LogP contribution < -0.4 is 5.32 Å². The van der Waals surface area contributed by atoms with Crippen molar-refractivity contribution in [3.05, 3.63) is 42.0 Å². The molecule has 1 aromatic rings. The summed E-state index contributed by atoms with van der Waals surface area (Å²) < 4.78 is 0. The normalized spacial score (nSPS) is 10.2. The van der Waals surface area contributed by atoms with Crippen molar-refractivity contribution in [3.8, 4) is 0 Å². The van der Waals surface area contributed by atoms with Crippen LogP contribution in [0.5, 0.6) is 0 Å². The molecule has 0 heterocycles. The maximum atomic E-state index is 11.2. The third-order valence-electron chi connectivity index (χ3n) is 1.73. The average molecular weight is 205 g/mol. The molecule has 0 saturated carbocycles. The third-order valence-corrected chi connectivity index (χ3v) is 1.73. The molecule has 15 heavy (non-hydrogen) atoms. The Morgan fingerprint density at radius 3 is 2.60 bits per heavy atom. The predicted octanol–water partition coefficient (Wildman–Crippen LogP) is 1.90. The summed E-state index contributed by atoms with van der Waals surface area (Å²) in [7, 11) is 0. The minimum atomic E-state index is -1.06. The molecule has 1 amide bonds. The number of rotatable bonds is 3. The molecule has 2 N–H and O–H groups in total. The highest BCUT2D eigenvalue weighted by molar-refractivity contribution is 6.04. The molecule has 0 aromatic heterocycles. The van der Waals surface area contributed by atoms with Gasteiger partial charge in [0.05, 0.1) is 11.3 Å². The van der Waals surface area contributed by atoms with Crippen LogP contribution in [-0.4, -0.2) is 17.0 Å². The molecular weight excluding hydrogens is 194 g/mol. The first-order valence-corrected chi connectivity index (χ1v) is 4.41. The molecule has 78 valence electrons.